The van der Waals surface area contributed by atoms with Gasteiger partial charge in [-0.2, -0.15) is 0 Å². The van der Waals surface area contributed by atoms with Gasteiger partial charge < -0.3 is 19.3 Å². The van der Waals surface area contributed by atoms with Gasteiger partial charge in [0.1, 0.15) is 0 Å². The Kier molecular flexibility index (Phi) is 9.86. The minimum Gasteiger partial charge on any atom is -0.310 e. The Bertz CT molecular complexity index is 2970. The molecule has 0 spiro atoms. The Morgan fingerprint density at radius 3 is 1.17 bits per heavy atom. The Balaban J connectivity index is 1.19. The molecule has 4 nitrogen and oxygen atoms in total. The van der Waals surface area contributed by atoms with E-state index in [1.54, 1.807) is 0 Å². The third kappa shape index (κ3) is 6.95. The monoisotopic (exact) mass is 772 g/mol. The van der Waals surface area contributed by atoms with E-state index < -0.39 is 0 Å². The first-order valence-electron chi connectivity index (χ1n) is 20.7. The molecule has 0 amide bonds. The molecule has 0 atom stereocenters. The maximum Gasteiger partial charge on any atom is 0.0561 e. The maximum atomic E-state index is 2.40. The van der Waals surface area contributed by atoms with Gasteiger partial charge in [-0.3, -0.25) is 0 Å². The van der Waals surface area contributed by atoms with Gasteiger partial charge in [0.2, 0.25) is 0 Å². The summed E-state index contributed by atoms with van der Waals surface area (Å²) in [6.45, 7) is 2.20. The molecule has 0 N–H and O–H groups in total. The molecule has 0 aliphatic rings. The summed E-state index contributed by atoms with van der Waals surface area (Å²) in [6.07, 6.45) is 0.995. The minimum absolute atomic E-state index is 0.995. The zero-order chi connectivity index (χ0) is 40.3. The number of nitrogens with zero attached hydrogens (tertiary/aromatic N) is 4. The van der Waals surface area contributed by atoms with E-state index in [2.05, 4.69) is 263 Å². The van der Waals surface area contributed by atoms with Gasteiger partial charge in [0.05, 0.1) is 11.0 Å². The van der Waals surface area contributed by atoms with Gasteiger partial charge in [-0.25, -0.2) is 0 Å². The molecule has 0 radical (unpaired) electrons. The van der Waals surface area contributed by atoms with Gasteiger partial charge >= 0.3 is 0 Å². The van der Waals surface area contributed by atoms with Gasteiger partial charge in [-0.15, -0.1) is 0 Å². The van der Waals surface area contributed by atoms with E-state index in [0.717, 1.165) is 68.8 Å². The number of hydrogen-bond acceptors (Lipinski definition) is 3. The molecule has 0 unspecified atom stereocenters. The average molecular weight is 773 g/mol. The van der Waals surface area contributed by atoms with Crippen molar-refractivity contribution < 1.29 is 0 Å². The summed E-state index contributed by atoms with van der Waals surface area (Å²) in [6, 6.07) is 85.0. The molecule has 1 heterocycles. The quantitative estimate of drug-likeness (QED) is 0.130. The highest BCUT2D eigenvalue weighted by molar-refractivity contribution is 6.10. The van der Waals surface area contributed by atoms with Crippen molar-refractivity contribution in [2.45, 2.75) is 13.3 Å². The van der Waals surface area contributed by atoms with Gasteiger partial charge in [-0.1, -0.05) is 128 Å². The van der Waals surface area contributed by atoms with Gasteiger partial charge in [-0.05, 0) is 127 Å². The number of anilines is 9. The van der Waals surface area contributed by atoms with Crippen molar-refractivity contribution in [3.05, 3.63) is 242 Å². The molecule has 9 aromatic carbocycles. The average Bonchev–Trinajstić information content (AvgIpc) is 3.65. The first kappa shape index (κ1) is 36.5. The Morgan fingerprint density at radius 2 is 0.667 bits per heavy atom. The third-order valence-corrected chi connectivity index (χ3v) is 11.3. The zero-order valence-electron chi connectivity index (χ0n) is 33.5. The highest BCUT2D eigenvalue weighted by Gasteiger charge is 2.21. The number of aryl methyl sites for hydroxylation is 1. The normalized spacial score (nSPS) is 11.2. The number of hydrogen-bond donors (Lipinski definition) is 0. The molecule has 0 aliphatic carbocycles. The predicted molar refractivity (Wildman–Crippen MR) is 254 cm³/mol. The topological polar surface area (TPSA) is 14.7 Å². The van der Waals surface area contributed by atoms with E-state index >= 15 is 0 Å². The molecule has 0 aliphatic heterocycles. The van der Waals surface area contributed by atoms with Gasteiger partial charge in [0.15, 0.2) is 0 Å². The lowest BCUT2D eigenvalue weighted by atomic mass is 10.1. The van der Waals surface area contributed by atoms with Crippen molar-refractivity contribution in [2.75, 3.05) is 14.7 Å². The molecule has 10 aromatic rings. The van der Waals surface area contributed by atoms with E-state index in [1.807, 2.05) is 0 Å². The summed E-state index contributed by atoms with van der Waals surface area (Å²) in [7, 11) is 0. The lowest BCUT2D eigenvalue weighted by Gasteiger charge is -2.31. The molecule has 1 aromatic heterocycles. The van der Waals surface area contributed by atoms with Gasteiger partial charge in [0, 0.05) is 67.6 Å². The SMILES string of the molecule is CCc1ccc(N(c2ccccc2)c2cccc(N(c3cccc(N(c4ccccc4)c4ccccc4)c3)c3ccc4c5ccccc5n(-c5ccccc5)c4c3)c2)cc1. The van der Waals surface area contributed by atoms with Crippen molar-refractivity contribution in [1.29, 1.82) is 0 Å². The fraction of sp³-hybridized carbons (Fsp3) is 0.0357. The van der Waals surface area contributed by atoms with Crippen molar-refractivity contribution in [3.63, 3.8) is 0 Å². The summed E-state index contributed by atoms with van der Waals surface area (Å²) in [5.74, 6) is 0. The highest BCUT2D eigenvalue weighted by Crippen LogP contribution is 2.44. The van der Waals surface area contributed by atoms with Crippen LogP contribution in [0.25, 0.3) is 27.5 Å². The third-order valence-electron chi connectivity index (χ3n) is 11.3. The van der Waals surface area contributed by atoms with Crippen LogP contribution in [-0.2, 0) is 6.42 Å². The summed E-state index contributed by atoms with van der Waals surface area (Å²) in [5.41, 5.74) is 14.4. The first-order valence-corrected chi connectivity index (χ1v) is 20.7. The van der Waals surface area contributed by atoms with Crippen molar-refractivity contribution in [2.24, 2.45) is 0 Å². The molecule has 4 heteroatoms. The van der Waals surface area contributed by atoms with E-state index in [-0.39, 0.29) is 0 Å². The van der Waals surface area contributed by atoms with E-state index in [9.17, 15) is 0 Å². The van der Waals surface area contributed by atoms with Crippen LogP contribution in [0.2, 0.25) is 0 Å². The molecule has 0 saturated heterocycles. The molecule has 10 rings (SSSR count). The van der Waals surface area contributed by atoms with Crippen LogP contribution >= 0.6 is 0 Å². The number of rotatable bonds is 11. The summed E-state index contributed by atoms with van der Waals surface area (Å²) in [5, 5.41) is 2.44. The molecule has 0 bridgehead atoms. The Labute approximate surface area is 352 Å². The summed E-state index contributed by atoms with van der Waals surface area (Å²) >= 11 is 0. The standard InChI is InChI=1S/C56H44N4/c1-2-42-33-35-47(36-34-42)58(45-23-11-5-12-24-45)49-28-18-30-51(40-49)59(50-29-17-27-48(39-50)57(43-19-7-3-8-20-43)44-21-9-4-10-22-44)52-37-38-54-53-31-15-16-32-55(53)60(56(54)41-52)46-25-13-6-14-26-46/h3-41H,2H2,1H3. The van der Waals surface area contributed by atoms with Crippen molar-refractivity contribution in [1.82, 2.24) is 4.57 Å². The van der Waals surface area contributed by atoms with E-state index in [1.165, 1.54) is 21.9 Å². The lowest BCUT2D eigenvalue weighted by Crippen LogP contribution is -2.14. The van der Waals surface area contributed by atoms with E-state index in [4.69, 9.17) is 0 Å². The molecular weight excluding hydrogens is 729 g/mol. The van der Waals surface area contributed by atoms with Crippen molar-refractivity contribution >= 4 is 73.0 Å². The number of benzene rings is 9. The van der Waals surface area contributed by atoms with Crippen LogP contribution < -0.4 is 14.7 Å². The van der Waals surface area contributed by atoms with E-state index in [0.29, 0.717) is 0 Å². The second-order valence-corrected chi connectivity index (χ2v) is 15.0. The zero-order valence-corrected chi connectivity index (χ0v) is 33.5. The van der Waals surface area contributed by atoms with Crippen LogP contribution in [0.15, 0.2) is 237 Å². The van der Waals surface area contributed by atoms with Crippen molar-refractivity contribution in [3.8, 4) is 5.69 Å². The largest absolute Gasteiger partial charge is 0.310 e. The molecule has 0 saturated carbocycles. The lowest BCUT2D eigenvalue weighted by molar-refractivity contribution is 1.14. The van der Waals surface area contributed by atoms with Crippen LogP contribution in [0.1, 0.15) is 12.5 Å². The second-order valence-electron chi connectivity index (χ2n) is 15.0. The number of fused-ring (bicyclic) bond motifs is 3. The first-order chi connectivity index (χ1) is 29.7. The van der Waals surface area contributed by atoms with Crippen LogP contribution in [0.5, 0.6) is 0 Å². The Morgan fingerprint density at radius 1 is 0.300 bits per heavy atom. The maximum absolute atomic E-state index is 2.40. The van der Waals surface area contributed by atoms with Crippen LogP contribution in [0.3, 0.4) is 0 Å². The predicted octanol–water partition coefficient (Wildman–Crippen LogP) is 15.8. The molecule has 60 heavy (non-hydrogen) atoms. The molecule has 288 valence electrons. The smallest absolute Gasteiger partial charge is 0.0561 e. The summed E-state index contributed by atoms with van der Waals surface area (Å²) < 4.78 is 2.39. The minimum atomic E-state index is 0.995. The molecule has 0 fully saturated rings. The summed E-state index contributed by atoms with van der Waals surface area (Å²) in [4.78, 5) is 7.07. The van der Waals surface area contributed by atoms with Crippen LogP contribution in [0.4, 0.5) is 51.2 Å². The fourth-order valence-electron chi connectivity index (χ4n) is 8.45. The highest BCUT2D eigenvalue weighted by atomic mass is 15.2. The Hall–Kier alpha value is -7.82. The van der Waals surface area contributed by atoms with Crippen LogP contribution in [0, 0.1) is 0 Å². The second kappa shape index (κ2) is 16.2. The number of aromatic nitrogens is 1. The van der Waals surface area contributed by atoms with Crippen LogP contribution in [-0.4, -0.2) is 4.57 Å². The fourth-order valence-corrected chi connectivity index (χ4v) is 8.45. The number of para-hydroxylation sites is 5. The molecular formula is C56H44N4. The van der Waals surface area contributed by atoms with Gasteiger partial charge in [0.25, 0.3) is 0 Å².